The van der Waals surface area contributed by atoms with Crippen LogP contribution in [0, 0.1) is 17.1 Å². The number of rotatable bonds is 3. The SMILES string of the molecule is CC=CCOc1ccc(C#N)c(F)c1. The zero-order valence-electron chi connectivity index (χ0n) is 7.83. The van der Waals surface area contributed by atoms with Gasteiger partial charge >= 0.3 is 0 Å². The molecular weight excluding hydrogens is 181 g/mol. The van der Waals surface area contributed by atoms with Crippen molar-refractivity contribution < 1.29 is 9.13 Å². The minimum Gasteiger partial charge on any atom is -0.489 e. The Balaban J connectivity index is 2.72. The van der Waals surface area contributed by atoms with Crippen molar-refractivity contribution in [1.82, 2.24) is 0 Å². The van der Waals surface area contributed by atoms with Crippen LogP contribution in [-0.4, -0.2) is 6.61 Å². The first-order valence-corrected chi connectivity index (χ1v) is 4.21. The molecule has 0 radical (unpaired) electrons. The minimum atomic E-state index is -0.550. The molecule has 0 heterocycles. The van der Waals surface area contributed by atoms with Crippen LogP contribution in [0.1, 0.15) is 12.5 Å². The highest BCUT2D eigenvalue weighted by molar-refractivity contribution is 5.36. The fourth-order valence-electron chi connectivity index (χ4n) is 0.917. The second-order valence-electron chi connectivity index (χ2n) is 2.63. The van der Waals surface area contributed by atoms with Crippen LogP contribution in [-0.2, 0) is 0 Å². The molecule has 3 heteroatoms. The molecule has 0 saturated heterocycles. The number of nitrogens with zero attached hydrogens (tertiary/aromatic N) is 1. The molecule has 0 amide bonds. The predicted molar refractivity (Wildman–Crippen MR) is 51.4 cm³/mol. The average Bonchev–Trinajstić information content (AvgIpc) is 2.18. The van der Waals surface area contributed by atoms with E-state index in [1.807, 2.05) is 19.1 Å². The monoisotopic (exact) mass is 191 g/mol. The van der Waals surface area contributed by atoms with Gasteiger partial charge in [0.05, 0.1) is 5.56 Å². The van der Waals surface area contributed by atoms with Gasteiger partial charge in [0.2, 0.25) is 0 Å². The maximum absolute atomic E-state index is 13.0. The van der Waals surface area contributed by atoms with Gasteiger partial charge in [-0.15, -0.1) is 0 Å². The van der Waals surface area contributed by atoms with E-state index in [1.54, 1.807) is 12.1 Å². The quantitative estimate of drug-likeness (QED) is 0.688. The van der Waals surface area contributed by atoms with Crippen LogP contribution in [0.5, 0.6) is 5.75 Å². The lowest BCUT2D eigenvalue weighted by molar-refractivity contribution is 0.360. The molecule has 1 rings (SSSR count). The molecule has 14 heavy (non-hydrogen) atoms. The van der Waals surface area contributed by atoms with E-state index in [1.165, 1.54) is 12.1 Å². The summed E-state index contributed by atoms with van der Waals surface area (Å²) >= 11 is 0. The van der Waals surface area contributed by atoms with E-state index in [2.05, 4.69) is 0 Å². The van der Waals surface area contributed by atoms with E-state index in [-0.39, 0.29) is 5.56 Å². The normalized spacial score (nSPS) is 10.1. The maximum Gasteiger partial charge on any atom is 0.144 e. The van der Waals surface area contributed by atoms with Crippen LogP contribution in [0.15, 0.2) is 30.4 Å². The first-order valence-electron chi connectivity index (χ1n) is 4.21. The van der Waals surface area contributed by atoms with Gasteiger partial charge in [-0.2, -0.15) is 5.26 Å². The Bertz CT molecular complexity index is 379. The maximum atomic E-state index is 13.0. The van der Waals surface area contributed by atoms with Crippen LogP contribution in [0.3, 0.4) is 0 Å². The largest absolute Gasteiger partial charge is 0.489 e. The summed E-state index contributed by atoms with van der Waals surface area (Å²) in [5, 5.41) is 8.48. The van der Waals surface area contributed by atoms with Gasteiger partial charge in [0.1, 0.15) is 24.2 Å². The minimum absolute atomic E-state index is 0.0309. The molecule has 2 nitrogen and oxygen atoms in total. The summed E-state index contributed by atoms with van der Waals surface area (Å²) in [5.74, 6) is -0.120. The van der Waals surface area contributed by atoms with Gasteiger partial charge in [0.15, 0.2) is 0 Å². The molecule has 1 aromatic rings. The Labute approximate surface area is 82.2 Å². The van der Waals surface area contributed by atoms with Gasteiger partial charge in [0, 0.05) is 6.07 Å². The molecule has 0 unspecified atom stereocenters. The van der Waals surface area contributed by atoms with Crippen molar-refractivity contribution in [3.63, 3.8) is 0 Å². The van der Waals surface area contributed by atoms with Gasteiger partial charge in [-0.1, -0.05) is 12.2 Å². The van der Waals surface area contributed by atoms with Crippen molar-refractivity contribution in [3.05, 3.63) is 41.7 Å². The number of allylic oxidation sites excluding steroid dienone is 1. The van der Waals surface area contributed by atoms with Crippen LogP contribution in [0.4, 0.5) is 4.39 Å². The van der Waals surface area contributed by atoms with E-state index < -0.39 is 5.82 Å². The van der Waals surface area contributed by atoms with Crippen LogP contribution in [0.25, 0.3) is 0 Å². The topological polar surface area (TPSA) is 33.0 Å². The number of hydrogen-bond donors (Lipinski definition) is 0. The van der Waals surface area contributed by atoms with Gasteiger partial charge in [-0.25, -0.2) is 4.39 Å². The molecule has 0 fully saturated rings. The van der Waals surface area contributed by atoms with E-state index in [0.717, 1.165) is 0 Å². The third-order valence-electron chi connectivity index (χ3n) is 1.64. The third-order valence-corrected chi connectivity index (χ3v) is 1.64. The molecule has 0 bridgehead atoms. The van der Waals surface area contributed by atoms with Crippen molar-refractivity contribution in [2.45, 2.75) is 6.92 Å². The fourth-order valence-corrected chi connectivity index (χ4v) is 0.917. The van der Waals surface area contributed by atoms with Crippen LogP contribution >= 0.6 is 0 Å². The summed E-state index contributed by atoms with van der Waals surface area (Å²) in [6, 6.07) is 5.93. The first-order chi connectivity index (χ1) is 6.77. The number of ether oxygens (including phenoxy) is 1. The second kappa shape index (κ2) is 5.03. The summed E-state index contributed by atoms with van der Waals surface area (Å²) in [4.78, 5) is 0. The fraction of sp³-hybridized carbons (Fsp3) is 0.182. The summed E-state index contributed by atoms with van der Waals surface area (Å²) in [6.07, 6.45) is 3.66. The van der Waals surface area contributed by atoms with Crippen molar-refractivity contribution in [3.8, 4) is 11.8 Å². The molecule has 0 aliphatic heterocycles. The van der Waals surface area contributed by atoms with Crippen molar-refractivity contribution in [2.24, 2.45) is 0 Å². The molecule has 0 aliphatic rings. The van der Waals surface area contributed by atoms with Gasteiger partial charge in [-0.3, -0.25) is 0 Å². The molecule has 0 aromatic heterocycles. The number of benzene rings is 1. The Morgan fingerprint density at radius 1 is 1.57 bits per heavy atom. The summed E-state index contributed by atoms with van der Waals surface area (Å²) < 4.78 is 18.2. The number of hydrogen-bond acceptors (Lipinski definition) is 2. The average molecular weight is 191 g/mol. The molecule has 0 saturated carbocycles. The van der Waals surface area contributed by atoms with E-state index in [4.69, 9.17) is 10.00 Å². The Morgan fingerprint density at radius 3 is 2.93 bits per heavy atom. The van der Waals surface area contributed by atoms with E-state index in [9.17, 15) is 4.39 Å². The highest BCUT2D eigenvalue weighted by Crippen LogP contribution is 2.15. The Hall–Kier alpha value is -1.82. The summed E-state index contributed by atoms with van der Waals surface area (Å²) in [5.41, 5.74) is 0.0309. The smallest absolute Gasteiger partial charge is 0.144 e. The molecule has 1 aromatic carbocycles. The van der Waals surface area contributed by atoms with Gasteiger partial charge in [-0.05, 0) is 19.1 Å². The summed E-state index contributed by atoms with van der Waals surface area (Å²) in [7, 11) is 0. The van der Waals surface area contributed by atoms with Gasteiger partial charge in [0.25, 0.3) is 0 Å². The first kappa shape index (κ1) is 10.3. The second-order valence-corrected chi connectivity index (χ2v) is 2.63. The molecular formula is C11H10FNO. The number of halogens is 1. The highest BCUT2D eigenvalue weighted by atomic mass is 19.1. The van der Waals surface area contributed by atoms with E-state index >= 15 is 0 Å². The van der Waals surface area contributed by atoms with E-state index in [0.29, 0.717) is 12.4 Å². The highest BCUT2D eigenvalue weighted by Gasteiger charge is 2.02. The molecule has 0 atom stereocenters. The molecule has 0 aliphatic carbocycles. The molecule has 72 valence electrons. The van der Waals surface area contributed by atoms with Crippen molar-refractivity contribution in [1.29, 1.82) is 5.26 Å². The lowest BCUT2D eigenvalue weighted by Crippen LogP contribution is -1.94. The van der Waals surface area contributed by atoms with Crippen molar-refractivity contribution >= 4 is 0 Å². The lowest BCUT2D eigenvalue weighted by Gasteiger charge is -2.02. The number of nitriles is 1. The standard InChI is InChI=1S/C11H10FNO/c1-2-3-6-14-10-5-4-9(8-13)11(12)7-10/h2-5,7H,6H2,1H3. The summed E-state index contributed by atoms with van der Waals surface area (Å²) in [6.45, 7) is 2.28. The van der Waals surface area contributed by atoms with Crippen LogP contribution in [0.2, 0.25) is 0 Å². The van der Waals surface area contributed by atoms with Gasteiger partial charge < -0.3 is 4.74 Å². The van der Waals surface area contributed by atoms with Crippen LogP contribution < -0.4 is 4.74 Å². The molecule has 0 N–H and O–H groups in total. The zero-order chi connectivity index (χ0) is 10.4. The lowest BCUT2D eigenvalue weighted by atomic mass is 10.2. The van der Waals surface area contributed by atoms with Crippen molar-refractivity contribution in [2.75, 3.05) is 6.61 Å². The predicted octanol–water partition coefficient (Wildman–Crippen LogP) is 2.65. The zero-order valence-corrected chi connectivity index (χ0v) is 7.83. The Kier molecular flexibility index (Phi) is 3.69. The third kappa shape index (κ3) is 2.60. The molecule has 0 spiro atoms. The Morgan fingerprint density at radius 2 is 2.36 bits per heavy atom.